The van der Waals surface area contributed by atoms with E-state index >= 15 is 0 Å². The van der Waals surface area contributed by atoms with Crippen molar-refractivity contribution in [3.05, 3.63) is 46.8 Å². The van der Waals surface area contributed by atoms with E-state index in [1.165, 1.54) is 19.2 Å². The molecule has 2 aromatic rings. The third kappa shape index (κ3) is 4.09. The lowest BCUT2D eigenvalue weighted by molar-refractivity contribution is 0.0696. The van der Waals surface area contributed by atoms with Gasteiger partial charge in [0.25, 0.3) is 5.91 Å². The van der Waals surface area contributed by atoms with Gasteiger partial charge in [0, 0.05) is 12.2 Å². The summed E-state index contributed by atoms with van der Waals surface area (Å²) in [7, 11) is 1.49. The van der Waals surface area contributed by atoms with Crippen molar-refractivity contribution in [2.75, 3.05) is 13.7 Å². The molecule has 7 nitrogen and oxygen atoms in total. The minimum atomic E-state index is -1.01. The summed E-state index contributed by atoms with van der Waals surface area (Å²) in [4.78, 5) is 22.9. The molecule has 0 atom stereocenters. The van der Waals surface area contributed by atoms with Crippen molar-refractivity contribution < 1.29 is 19.4 Å². The van der Waals surface area contributed by atoms with Gasteiger partial charge in [-0.25, -0.2) is 4.79 Å². The van der Waals surface area contributed by atoms with Gasteiger partial charge in [0.2, 0.25) is 0 Å². The summed E-state index contributed by atoms with van der Waals surface area (Å²) in [5.74, 6) is -0.761. The lowest BCUT2D eigenvalue weighted by atomic mass is 10.1. The molecule has 0 bridgehead atoms. The van der Waals surface area contributed by atoms with Crippen molar-refractivity contribution in [3.63, 3.8) is 0 Å². The minimum Gasteiger partial charge on any atom is -0.496 e. The summed E-state index contributed by atoms with van der Waals surface area (Å²) >= 11 is 0. The van der Waals surface area contributed by atoms with Crippen LogP contribution in [0.15, 0.2) is 24.3 Å². The molecular weight excluding hydrogens is 298 g/mol. The van der Waals surface area contributed by atoms with Gasteiger partial charge in [0.1, 0.15) is 11.4 Å². The maximum atomic E-state index is 12.0. The van der Waals surface area contributed by atoms with E-state index in [4.69, 9.17) is 9.84 Å². The Morgan fingerprint density at radius 2 is 2.13 bits per heavy atom. The number of carbonyl (C=O) groups excluding carboxylic acids is 1. The van der Waals surface area contributed by atoms with Gasteiger partial charge in [-0.05, 0) is 36.6 Å². The normalized spacial score (nSPS) is 10.3. The average molecular weight is 317 g/mol. The van der Waals surface area contributed by atoms with Crippen LogP contribution in [0.2, 0.25) is 0 Å². The number of aromatic nitrogens is 2. The fourth-order valence-electron chi connectivity index (χ4n) is 2.14. The van der Waals surface area contributed by atoms with Crippen LogP contribution in [0.4, 0.5) is 0 Å². The first-order valence-corrected chi connectivity index (χ1v) is 7.27. The number of rotatable bonds is 7. The maximum absolute atomic E-state index is 12.0. The fraction of sp³-hybridized carbons (Fsp3) is 0.312. The molecular formula is C16H19N3O4. The number of amides is 1. The highest BCUT2D eigenvalue weighted by Gasteiger charge is 2.11. The second-order valence-corrected chi connectivity index (χ2v) is 4.97. The average Bonchev–Trinajstić information content (AvgIpc) is 3.04. The molecule has 1 aromatic heterocycles. The first-order valence-electron chi connectivity index (χ1n) is 7.27. The van der Waals surface area contributed by atoms with Crippen LogP contribution in [0.5, 0.6) is 5.75 Å². The Balaban J connectivity index is 1.95. The number of nitrogens with zero attached hydrogens (tertiary/aromatic N) is 1. The van der Waals surface area contributed by atoms with E-state index in [9.17, 15) is 9.59 Å². The van der Waals surface area contributed by atoms with Gasteiger partial charge in [0.05, 0.1) is 12.7 Å². The van der Waals surface area contributed by atoms with Gasteiger partial charge >= 0.3 is 5.97 Å². The maximum Gasteiger partial charge on any atom is 0.335 e. The highest BCUT2D eigenvalue weighted by atomic mass is 16.5. The lowest BCUT2D eigenvalue weighted by Gasteiger charge is -2.10. The van der Waals surface area contributed by atoms with Crippen LogP contribution in [0.25, 0.3) is 0 Å². The van der Waals surface area contributed by atoms with E-state index in [1.54, 1.807) is 12.1 Å². The van der Waals surface area contributed by atoms with E-state index in [1.807, 2.05) is 6.92 Å². The molecule has 0 saturated carbocycles. The predicted molar refractivity (Wildman–Crippen MR) is 84.0 cm³/mol. The van der Waals surface area contributed by atoms with E-state index in [0.717, 1.165) is 17.7 Å². The lowest BCUT2D eigenvalue weighted by Crippen LogP contribution is -2.26. The van der Waals surface area contributed by atoms with E-state index in [-0.39, 0.29) is 11.5 Å². The molecule has 1 amide bonds. The van der Waals surface area contributed by atoms with Crippen molar-refractivity contribution >= 4 is 11.9 Å². The summed E-state index contributed by atoms with van der Waals surface area (Å²) < 4.78 is 5.20. The molecule has 1 heterocycles. The van der Waals surface area contributed by atoms with Crippen molar-refractivity contribution in [1.82, 2.24) is 15.5 Å². The smallest absolute Gasteiger partial charge is 0.335 e. The Labute approximate surface area is 133 Å². The second-order valence-electron chi connectivity index (χ2n) is 4.97. The Kier molecular flexibility index (Phi) is 5.35. The van der Waals surface area contributed by atoms with Crippen LogP contribution in [-0.2, 0) is 12.8 Å². The topological polar surface area (TPSA) is 104 Å². The van der Waals surface area contributed by atoms with Gasteiger partial charge in [-0.15, -0.1) is 0 Å². The molecule has 0 aliphatic carbocycles. The Morgan fingerprint density at radius 1 is 1.35 bits per heavy atom. The Bertz CT molecular complexity index is 709. The zero-order valence-corrected chi connectivity index (χ0v) is 13.0. The number of ether oxygens (including phenoxy) is 1. The molecule has 0 fully saturated rings. The van der Waals surface area contributed by atoms with Gasteiger partial charge in [-0.3, -0.25) is 9.89 Å². The Morgan fingerprint density at radius 3 is 2.74 bits per heavy atom. The summed E-state index contributed by atoms with van der Waals surface area (Å²) in [6.45, 7) is 2.37. The van der Waals surface area contributed by atoms with Crippen LogP contribution < -0.4 is 10.1 Å². The van der Waals surface area contributed by atoms with Crippen molar-refractivity contribution in [2.45, 2.75) is 19.8 Å². The molecule has 0 aliphatic heterocycles. The number of carbonyl (C=O) groups is 2. The van der Waals surface area contributed by atoms with Gasteiger partial charge in [-0.2, -0.15) is 5.10 Å². The summed E-state index contributed by atoms with van der Waals surface area (Å²) in [6.07, 6.45) is 1.31. The summed E-state index contributed by atoms with van der Waals surface area (Å²) in [5.41, 5.74) is 2.25. The van der Waals surface area contributed by atoms with Crippen molar-refractivity contribution in [1.29, 1.82) is 0 Å². The number of aromatic amines is 1. The van der Waals surface area contributed by atoms with Crippen LogP contribution in [0, 0.1) is 0 Å². The molecule has 7 heteroatoms. The van der Waals surface area contributed by atoms with Gasteiger partial charge in [-0.1, -0.05) is 13.0 Å². The van der Waals surface area contributed by atoms with Gasteiger partial charge in [0.15, 0.2) is 0 Å². The zero-order valence-electron chi connectivity index (χ0n) is 13.0. The highest BCUT2D eigenvalue weighted by Crippen LogP contribution is 2.20. The first-order chi connectivity index (χ1) is 11.0. The third-order valence-electron chi connectivity index (χ3n) is 3.46. The number of carboxylic acids is 1. The molecule has 0 unspecified atom stereocenters. The highest BCUT2D eigenvalue weighted by molar-refractivity contribution is 5.92. The van der Waals surface area contributed by atoms with Crippen LogP contribution >= 0.6 is 0 Å². The molecule has 2 rings (SSSR count). The number of benzene rings is 1. The number of nitrogens with one attached hydrogen (secondary N) is 2. The number of hydrogen-bond donors (Lipinski definition) is 3. The van der Waals surface area contributed by atoms with Crippen LogP contribution in [0.1, 0.15) is 39.0 Å². The zero-order chi connectivity index (χ0) is 16.8. The Hall–Kier alpha value is -2.83. The molecule has 0 spiro atoms. The fourth-order valence-corrected chi connectivity index (χ4v) is 2.14. The third-order valence-corrected chi connectivity index (χ3v) is 3.46. The second kappa shape index (κ2) is 7.44. The molecule has 23 heavy (non-hydrogen) atoms. The molecule has 1 aromatic carbocycles. The van der Waals surface area contributed by atoms with E-state index in [0.29, 0.717) is 24.4 Å². The largest absolute Gasteiger partial charge is 0.496 e. The number of aryl methyl sites for hydroxylation is 1. The number of aromatic carboxylic acids is 1. The van der Waals surface area contributed by atoms with Crippen molar-refractivity contribution in [3.8, 4) is 5.75 Å². The standard InChI is InChI=1S/C16H19N3O4/c1-3-12-9-13(19-18-12)15(20)17-7-6-10-4-5-11(16(21)22)8-14(10)23-2/h4-5,8-9H,3,6-7H2,1-2H3,(H,17,20)(H,18,19)(H,21,22). The number of hydrogen-bond acceptors (Lipinski definition) is 4. The molecule has 3 N–H and O–H groups in total. The van der Waals surface area contributed by atoms with Crippen LogP contribution in [0.3, 0.4) is 0 Å². The molecule has 122 valence electrons. The van der Waals surface area contributed by atoms with Crippen molar-refractivity contribution in [2.24, 2.45) is 0 Å². The summed E-state index contributed by atoms with van der Waals surface area (Å²) in [6, 6.07) is 6.40. The molecule has 0 radical (unpaired) electrons. The first kappa shape index (κ1) is 16.5. The van der Waals surface area contributed by atoms with E-state index < -0.39 is 5.97 Å². The number of carboxylic acid groups (broad SMARTS) is 1. The SMILES string of the molecule is CCc1cc(C(=O)NCCc2ccc(C(=O)O)cc2OC)n[nH]1. The number of H-pyrrole nitrogens is 1. The number of methoxy groups -OCH3 is 1. The minimum absolute atomic E-state index is 0.165. The predicted octanol–water partition coefficient (Wildman–Crippen LogP) is 1.65. The van der Waals surface area contributed by atoms with E-state index in [2.05, 4.69) is 15.5 Å². The monoisotopic (exact) mass is 317 g/mol. The molecule has 0 aliphatic rings. The van der Waals surface area contributed by atoms with Gasteiger partial charge < -0.3 is 15.2 Å². The van der Waals surface area contributed by atoms with Crippen LogP contribution in [-0.4, -0.2) is 40.8 Å². The quantitative estimate of drug-likeness (QED) is 0.720. The summed E-state index contributed by atoms with van der Waals surface area (Å²) in [5, 5.41) is 18.5. The molecule has 0 saturated heterocycles.